The summed E-state index contributed by atoms with van der Waals surface area (Å²) in [6, 6.07) is 0. The molecule has 3 fully saturated rings. The largest absolute Gasteiger partial charge is 0.381 e. The fourth-order valence-electron chi connectivity index (χ4n) is 4.78. The minimum absolute atomic E-state index is 0.285. The number of carbonyl (C=O) groups excluding carboxylic acids is 1. The topological polar surface area (TPSA) is 36.0 Å². The van der Waals surface area contributed by atoms with Crippen molar-refractivity contribution in [3.8, 4) is 0 Å². The summed E-state index contributed by atoms with van der Waals surface area (Å²) in [6.07, 6.45) is 7.29. The molecular weight excluding hydrogens is 314 g/mol. The van der Waals surface area contributed by atoms with Crippen LogP contribution >= 0.6 is 0 Å². The van der Waals surface area contributed by atoms with E-state index in [-0.39, 0.29) is 5.92 Å². The van der Waals surface area contributed by atoms with E-state index in [1.807, 2.05) is 7.11 Å². The zero-order valence-corrected chi connectivity index (χ0v) is 16.3. The molecule has 0 spiro atoms. The zero-order chi connectivity index (χ0) is 17.6. The maximum atomic E-state index is 12.8. The third-order valence-corrected chi connectivity index (χ3v) is 6.69. The van der Waals surface area contributed by atoms with E-state index in [1.54, 1.807) is 0 Å². The monoisotopic (exact) mass is 351 g/mol. The number of hydrogen-bond donors (Lipinski definition) is 0. The Morgan fingerprint density at radius 2 is 1.48 bits per heavy atom. The Kier molecular flexibility index (Phi) is 7.14. The first-order valence-corrected chi connectivity index (χ1v) is 10.5. The summed E-state index contributed by atoms with van der Waals surface area (Å²) >= 11 is 0. The molecule has 0 aromatic heterocycles. The number of carbonyl (C=O) groups is 1. The van der Waals surface area contributed by atoms with Crippen molar-refractivity contribution >= 4 is 5.91 Å². The summed E-state index contributed by atoms with van der Waals surface area (Å²) in [7, 11) is 1.83. The van der Waals surface area contributed by atoms with Crippen LogP contribution in [0.5, 0.6) is 0 Å². The Morgan fingerprint density at radius 3 is 2.04 bits per heavy atom. The van der Waals surface area contributed by atoms with Gasteiger partial charge in [0.1, 0.15) is 0 Å². The molecule has 3 saturated heterocycles. The van der Waals surface area contributed by atoms with E-state index in [1.165, 1.54) is 45.3 Å². The first kappa shape index (κ1) is 19.1. The van der Waals surface area contributed by atoms with E-state index >= 15 is 0 Å². The second kappa shape index (κ2) is 9.33. The molecule has 0 radical (unpaired) electrons. The van der Waals surface area contributed by atoms with Gasteiger partial charge < -0.3 is 19.4 Å². The molecule has 144 valence electrons. The summed E-state index contributed by atoms with van der Waals surface area (Å²) in [5.74, 6) is 1.49. The maximum Gasteiger partial charge on any atom is 0.225 e. The van der Waals surface area contributed by atoms with Crippen molar-refractivity contribution in [2.24, 2.45) is 11.8 Å². The summed E-state index contributed by atoms with van der Waals surface area (Å²) in [6.45, 7) is 11.0. The molecule has 3 heterocycles. The van der Waals surface area contributed by atoms with Crippen LogP contribution in [0.4, 0.5) is 0 Å². The molecular formula is C20H37N3O2. The molecule has 0 aromatic rings. The van der Waals surface area contributed by atoms with Gasteiger partial charge in [-0.05, 0) is 64.1 Å². The van der Waals surface area contributed by atoms with Crippen molar-refractivity contribution in [1.29, 1.82) is 0 Å². The Hall–Kier alpha value is -0.650. The Bertz CT molecular complexity index is 407. The Labute approximate surface area is 153 Å². The number of rotatable bonds is 5. The van der Waals surface area contributed by atoms with Crippen LogP contribution in [-0.4, -0.2) is 86.2 Å². The van der Waals surface area contributed by atoms with Gasteiger partial charge in [0.15, 0.2) is 0 Å². The highest BCUT2D eigenvalue weighted by molar-refractivity contribution is 5.79. The molecule has 1 amide bonds. The standard InChI is InChI=1S/C20H37N3O2/c1-3-21-10-6-18(7-11-21)20(24)23-14-4-17(5-15-23)16-22-12-8-19(25-2)9-13-22/h17-19H,3-16H2,1-2H3. The van der Waals surface area contributed by atoms with Crippen molar-refractivity contribution in [3.05, 3.63) is 0 Å². The molecule has 25 heavy (non-hydrogen) atoms. The molecule has 0 saturated carbocycles. The number of amides is 1. The second-order valence-corrected chi connectivity index (χ2v) is 8.21. The average molecular weight is 352 g/mol. The van der Waals surface area contributed by atoms with Crippen LogP contribution in [0.2, 0.25) is 0 Å². The first-order valence-electron chi connectivity index (χ1n) is 10.5. The van der Waals surface area contributed by atoms with Gasteiger partial charge in [-0.25, -0.2) is 0 Å². The van der Waals surface area contributed by atoms with Crippen LogP contribution < -0.4 is 0 Å². The lowest BCUT2D eigenvalue weighted by molar-refractivity contribution is -0.138. The molecule has 3 aliphatic rings. The van der Waals surface area contributed by atoms with Crippen molar-refractivity contribution in [3.63, 3.8) is 0 Å². The fraction of sp³-hybridized carbons (Fsp3) is 0.950. The van der Waals surface area contributed by atoms with Gasteiger partial charge in [0.05, 0.1) is 6.10 Å². The van der Waals surface area contributed by atoms with Crippen LogP contribution in [0.15, 0.2) is 0 Å². The highest BCUT2D eigenvalue weighted by Crippen LogP contribution is 2.25. The fourth-order valence-corrected chi connectivity index (χ4v) is 4.78. The van der Waals surface area contributed by atoms with Gasteiger partial charge in [-0.2, -0.15) is 0 Å². The molecule has 0 atom stereocenters. The number of ether oxygens (including phenoxy) is 1. The number of nitrogens with zero attached hydrogens (tertiary/aromatic N) is 3. The Balaban J connectivity index is 1.36. The summed E-state index contributed by atoms with van der Waals surface area (Å²) in [5, 5.41) is 0. The quantitative estimate of drug-likeness (QED) is 0.760. The minimum Gasteiger partial charge on any atom is -0.381 e. The van der Waals surface area contributed by atoms with E-state index in [0.717, 1.165) is 51.5 Å². The van der Waals surface area contributed by atoms with E-state index < -0.39 is 0 Å². The van der Waals surface area contributed by atoms with Gasteiger partial charge >= 0.3 is 0 Å². The normalized spacial score (nSPS) is 26.2. The molecule has 0 aromatic carbocycles. The Morgan fingerprint density at radius 1 is 0.880 bits per heavy atom. The van der Waals surface area contributed by atoms with Gasteiger partial charge in [-0.1, -0.05) is 6.92 Å². The predicted molar refractivity (Wildman–Crippen MR) is 101 cm³/mol. The lowest BCUT2D eigenvalue weighted by Gasteiger charge is -2.39. The number of piperidine rings is 3. The van der Waals surface area contributed by atoms with E-state index in [9.17, 15) is 4.79 Å². The lowest BCUT2D eigenvalue weighted by Crippen LogP contribution is -2.47. The van der Waals surface area contributed by atoms with Gasteiger partial charge in [-0.15, -0.1) is 0 Å². The smallest absolute Gasteiger partial charge is 0.225 e. The SMILES string of the molecule is CCN1CCC(C(=O)N2CCC(CN3CCC(OC)CC3)CC2)CC1. The molecule has 0 aliphatic carbocycles. The molecule has 5 nitrogen and oxygen atoms in total. The van der Waals surface area contributed by atoms with Gasteiger partial charge in [0, 0.05) is 45.8 Å². The molecule has 5 heteroatoms. The van der Waals surface area contributed by atoms with Crippen LogP contribution in [0.25, 0.3) is 0 Å². The van der Waals surface area contributed by atoms with Gasteiger partial charge in [0.2, 0.25) is 5.91 Å². The molecule has 0 bridgehead atoms. The molecule has 0 N–H and O–H groups in total. The van der Waals surface area contributed by atoms with Gasteiger partial charge in [0.25, 0.3) is 0 Å². The molecule has 3 aliphatic heterocycles. The van der Waals surface area contributed by atoms with Crippen molar-refractivity contribution in [1.82, 2.24) is 14.7 Å². The highest BCUT2D eigenvalue weighted by atomic mass is 16.5. The zero-order valence-electron chi connectivity index (χ0n) is 16.3. The number of likely N-dealkylation sites (tertiary alicyclic amines) is 3. The highest BCUT2D eigenvalue weighted by Gasteiger charge is 2.31. The molecule has 0 unspecified atom stereocenters. The van der Waals surface area contributed by atoms with Gasteiger partial charge in [-0.3, -0.25) is 4.79 Å². The van der Waals surface area contributed by atoms with Crippen LogP contribution in [0, 0.1) is 11.8 Å². The molecule has 3 rings (SSSR count). The van der Waals surface area contributed by atoms with E-state index in [0.29, 0.717) is 12.0 Å². The lowest BCUT2D eigenvalue weighted by atomic mass is 9.91. The van der Waals surface area contributed by atoms with E-state index in [4.69, 9.17) is 4.74 Å². The van der Waals surface area contributed by atoms with Crippen molar-refractivity contribution < 1.29 is 9.53 Å². The van der Waals surface area contributed by atoms with Crippen molar-refractivity contribution in [2.45, 2.75) is 51.6 Å². The third kappa shape index (κ3) is 5.18. The second-order valence-electron chi connectivity index (χ2n) is 8.21. The summed E-state index contributed by atoms with van der Waals surface area (Å²) < 4.78 is 5.47. The van der Waals surface area contributed by atoms with Crippen LogP contribution in [0.1, 0.15) is 45.4 Å². The number of methoxy groups -OCH3 is 1. The summed E-state index contributed by atoms with van der Waals surface area (Å²) in [5.41, 5.74) is 0. The number of hydrogen-bond acceptors (Lipinski definition) is 4. The first-order chi connectivity index (χ1) is 12.2. The van der Waals surface area contributed by atoms with Crippen LogP contribution in [0.3, 0.4) is 0 Å². The van der Waals surface area contributed by atoms with E-state index in [2.05, 4.69) is 21.6 Å². The summed E-state index contributed by atoms with van der Waals surface area (Å²) in [4.78, 5) is 20.0. The predicted octanol–water partition coefficient (Wildman–Crippen LogP) is 2.07. The van der Waals surface area contributed by atoms with Crippen molar-refractivity contribution in [2.75, 3.05) is 59.5 Å². The maximum absolute atomic E-state index is 12.8. The third-order valence-electron chi connectivity index (χ3n) is 6.69. The minimum atomic E-state index is 0.285. The average Bonchev–Trinajstić information content (AvgIpc) is 2.69. The van der Waals surface area contributed by atoms with Crippen LogP contribution in [-0.2, 0) is 9.53 Å².